The van der Waals surface area contributed by atoms with E-state index >= 15 is 0 Å². The Bertz CT molecular complexity index is 1180. The zero-order chi connectivity index (χ0) is 28.7. The Labute approximate surface area is 223 Å². The summed E-state index contributed by atoms with van der Waals surface area (Å²) >= 11 is 0. The summed E-state index contributed by atoms with van der Waals surface area (Å²) in [5, 5.41) is 5.61. The molecule has 0 saturated heterocycles. The highest BCUT2D eigenvalue weighted by atomic mass is 19.3. The van der Waals surface area contributed by atoms with Gasteiger partial charge in [0.2, 0.25) is 11.8 Å². The highest BCUT2D eigenvalue weighted by Gasteiger charge is 2.52. The quantitative estimate of drug-likeness (QED) is 0.310. The summed E-state index contributed by atoms with van der Waals surface area (Å²) in [6.07, 6.45) is 3.87. The van der Waals surface area contributed by atoms with Crippen LogP contribution in [0.1, 0.15) is 75.6 Å². The van der Waals surface area contributed by atoms with Gasteiger partial charge in [0.05, 0.1) is 11.5 Å². The van der Waals surface area contributed by atoms with Crippen LogP contribution in [-0.4, -0.2) is 34.3 Å². The SMILES string of the molecule is C=C(C)C(CC)(COc1ccc(C(C)NC(=O)c2cc(C)nc(NC(=O)C(C)C)c2)cn1)C(F)(F)/C=C/C. The maximum Gasteiger partial charge on any atom is 0.278 e. The number of carbonyl (C=O) groups is 2. The number of alkyl halides is 2. The molecule has 206 valence electrons. The van der Waals surface area contributed by atoms with Gasteiger partial charge in [0.1, 0.15) is 12.4 Å². The second kappa shape index (κ2) is 12.8. The van der Waals surface area contributed by atoms with Gasteiger partial charge >= 0.3 is 0 Å². The minimum atomic E-state index is -3.14. The fourth-order valence-corrected chi connectivity index (χ4v) is 3.94. The van der Waals surface area contributed by atoms with Crippen LogP contribution in [-0.2, 0) is 4.79 Å². The van der Waals surface area contributed by atoms with Gasteiger partial charge in [-0.1, -0.05) is 45.1 Å². The smallest absolute Gasteiger partial charge is 0.278 e. The molecule has 2 atom stereocenters. The lowest BCUT2D eigenvalue weighted by Crippen LogP contribution is -2.45. The van der Waals surface area contributed by atoms with Gasteiger partial charge in [0.25, 0.3) is 11.8 Å². The maximum absolute atomic E-state index is 15.0. The third-order valence-corrected chi connectivity index (χ3v) is 6.50. The number of aromatic nitrogens is 2. The van der Waals surface area contributed by atoms with E-state index in [1.54, 1.807) is 66.7 Å². The van der Waals surface area contributed by atoms with Gasteiger partial charge in [-0.25, -0.2) is 18.7 Å². The van der Waals surface area contributed by atoms with Crippen molar-refractivity contribution in [1.29, 1.82) is 0 Å². The van der Waals surface area contributed by atoms with Gasteiger partial charge in [-0.05, 0) is 57.9 Å². The summed E-state index contributed by atoms with van der Waals surface area (Å²) in [5.41, 5.74) is 0.400. The first-order valence-electron chi connectivity index (χ1n) is 12.6. The number of pyridine rings is 2. The number of amides is 2. The van der Waals surface area contributed by atoms with E-state index < -0.39 is 17.4 Å². The number of aryl methyl sites for hydroxylation is 1. The maximum atomic E-state index is 15.0. The van der Waals surface area contributed by atoms with E-state index in [-0.39, 0.29) is 36.6 Å². The van der Waals surface area contributed by atoms with E-state index in [1.165, 1.54) is 18.3 Å². The number of rotatable bonds is 12. The van der Waals surface area contributed by atoms with Gasteiger partial charge in [0.15, 0.2) is 0 Å². The lowest BCUT2D eigenvalue weighted by molar-refractivity contribution is -0.118. The molecular weight excluding hydrogens is 490 g/mol. The second-order valence-electron chi connectivity index (χ2n) is 9.78. The van der Waals surface area contributed by atoms with Crippen LogP contribution < -0.4 is 15.4 Å². The highest BCUT2D eigenvalue weighted by molar-refractivity contribution is 5.97. The molecule has 2 aromatic rings. The zero-order valence-corrected chi connectivity index (χ0v) is 23.2. The number of halogens is 2. The van der Waals surface area contributed by atoms with Crippen molar-refractivity contribution in [2.75, 3.05) is 11.9 Å². The molecule has 0 aliphatic carbocycles. The molecule has 2 aromatic heterocycles. The van der Waals surface area contributed by atoms with Crippen molar-refractivity contribution in [3.63, 3.8) is 0 Å². The molecule has 0 aromatic carbocycles. The molecule has 0 aliphatic rings. The van der Waals surface area contributed by atoms with Crippen molar-refractivity contribution in [3.05, 3.63) is 71.6 Å². The predicted molar refractivity (Wildman–Crippen MR) is 145 cm³/mol. The predicted octanol–water partition coefficient (Wildman–Crippen LogP) is 6.43. The Morgan fingerprint density at radius 1 is 1.21 bits per heavy atom. The van der Waals surface area contributed by atoms with Gasteiger partial charge in [0, 0.05) is 29.4 Å². The minimum Gasteiger partial charge on any atom is -0.476 e. The average molecular weight is 529 g/mol. The first kappa shape index (κ1) is 30.6. The molecule has 0 aliphatic heterocycles. The molecule has 7 nitrogen and oxygen atoms in total. The van der Waals surface area contributed by atoms with E-state index in [0.717, 1.165) is 6.08 Å². The molecule has 2 unspecified atom stereocenters. The van der Waals surface area contributed by atoms with E-state index in [9.17, 15) is 18.4 Å². The standard InChI is InChI=1S/C29H38F2N4O3/c1-9-13-29(30,31)28(10-2,19(5)6)17-38-25-12-11-22(16-32-25)21(8)34-27(37)23-14-20(7)33-24(15-23)35-26(36)18(3)4/h9,11-16,18,21H,5,10,17H2,1-4,6-8H3,(H,34,37)(H,33,35,36)/b13-9+. The molecule has 2 N–H and O–H groups in total. The molecule has 2 amide bonds. The number of anilines is 1. The zero-order valence-electron chi connectivity index (χ0n) is 23.2. The number of ether oxygens (including phenoxy) is 1. The van der Waals surface area contributed by atoms with Crippen molar-refractivity contribution in [1.82, 2.24) is 15.3 Å². The lowest BCUT2D eigenvalue weighted by atomic mass is 9.73. The topological polar surface area (TPSA) is 93.2 Å². The average Bonchev–Trinajstić information content (AvgIpc) is 2.84. The van der Waals surface area contributed by atoms with Gasteiger partial charge in [-0.3, -0.25) is 9.59 Å². The number of hydrogen-bond acceptors (Lipinski definition) is 5. The molecule has 0 spiro atoms. The third-order valence-electron chi connectivity index (χ3n) is 6.50. The fourth-order valence-electron chi connectivity index (χ4n) is 3.94. The molecule has 2 heterocycles. The van der Waals surface area contributed by atoms with Crippen molar-refractivity contribution in [2.45, 2.75) is 66.9 Å². The first-order chi connectivity index (χ1) is 17.8. The number of nitrogens with one attached hydrogen (secondary N) is 2. The summed E-state index contributed by atoms with van der Waals surface area (Å²) in [6, 6.07) is 6.05. The Morgan fingerprint density at radius 3 is 2.42 bits per heavy atom. The number of allylic oxidation sites excluding steroid dienone is 2. The van der Waals surface area contributed by atoms with Crippen molar-refractivity contribution in [3.8, 4) is 5.88 Å². The molecular formula is C29H38F2N4O3. The highest BCUT2D eigenvalue weighted by Crippen LogP contribution is 2.46. The van der Waals surface area contributed by atoms with Crippen LogP contribution in [0.3, 0.4) is 0 Å². The third kappa shape index (κ3) is 7.24. The van der Waals surface area contributed by atoms with Crippen molar-refractivity contribution < 1.29 is 23.1 Å². The van der Waals surface area contributed by atoms with Crippen LogP contribution >= 0.6 is 0 Å². The van der Waals surface area contributed by atoms with Crippen LogP contribution in [0.25, 0.3) is 0 Å². The Kier molecular flexibility index (Phi) is 10.3. The van der Waals surface area contributed by atoms with Crippen LogP contribution in [0.15, 0.2) is 54.8 Å². The lowest BCUT2D eigenvalue weighted by Gasteiger charge is -2.38. The van der Waals surface area contributed by atoms with Gasteiger partial charge in [-0.2, -0.15) is 0 Å². The van der Waals surface area contributed by atoms with Crippen molar-refractivity contribution >= 4 is 17.6 Å². The summed E-state index contributed by atoms with van der Waals surface area (Å²) in [6.45, 7) is 15.4. The van der Waals surface area contributed by atoms with Crippen LogP contribution in [0.4, 0.5) is 14.6 Å². The first-order valence-corrected chi connectivity index (χ1v) is 12.6. The van der Waals surface area contributed by atoms with Crippen molar-refractivity contribution in [2.24, 2.45) is 11.3 Å². The summed E-state index contributed by atoms with van der Waals surface area (Å²) in [4.78, 5) is 33.4. The molecule has 0 fully saturated rings. The monoisotopic (exact) mass is 528 g/mol. The summed E-state index contributed by atoms with van der Waals surface area (Å²) < 4.78 is 35.6. The van der Waals surface area contributed by atoms with Gasteiger partial charge < -0.3 is 15.4 Å². The Balaban J connectivity index is 2.12. The van der Waals surface area contributed by atoms with Crippen LogP contribution in [0.5, 0.6) is 5.88 Å². The molecule has 0 saturated carbocycles. The fraction of sp³-hybridized carbons (Fsp3) is 0.448. The summed E-state index contributed by atoms with van der Waals surface area (Å²) in [5.74, 6) is -3.40. The molecule has 38 heavy (non-hydrogen) atoms. The van der Waals surface area contributed by atoms with Crippen LogP contribution in [0.2, 0.25) is 0 Å². The normalized spacial score (nSPS) is 14.2. The Morgan fingerprint density at radius 2 is 1.89 bits per heavy atom. The Hall–Kier alpha value is -3.62. The minimum absolute atomic E-state index is 0.137. The number of hydrogen-bond donors (Lipinski definition) is 2. The van der Waals surface area contributed by atoms with E-state index in [0.29, 0.717) is 28.2 Å². The largest absolute Gasteiger partial charge is 0.476 e. The second-order valence-corrected chi connectivity index (χ2v) is 9.78. The number of carbonyl (C=O) groups excluding carboxylic acids is 2. The number of nitrogens with zero attached hydrogens (tertiary/aromatic N) is 2. The molecule has 0 radical (unpaired) electrons. The van der Waals surface area contributed by atoms with E-state index in [2.05, 4.69) is 27.2 Å². The van der Waals surface area contributed by atoms with E-state index in [1.807, 2.05) is 0 Å². The molecule has 9 heteroatoms. The molecule has 2 rings (SSSR count). The van der Waals surface area contributed by atoms with Crippen LogP contribution in [0, 0.1) is 18.3 Å². The molecule has 0 bridgehead atoms. The summed E-state index contributed by atoms with van der Waals surface area (Å²) in [7, 11) is 0. The van der Waals surface area contributed by atoms with E-state index in [4.69, 9.17) is 4.74 Å². The van der Waals surface area contributed by atoms with Gasteiger partial charge in [-0.15, -0.1) is 0 Å².